The Morgan fingerprint density at radius 2 is 1.28 bits per heavy atom. The van der Waals surface area contributed by atoms with Gasteiger partial charge in [-0.25, -0.2) is 9.97 Å². The highest BCUT2D eigenvalue weighted by molar-refractivity contribution is 6.14. The smallest absolute Gasteiger partial charge is 0.276 e. The first kappa shape index (κ1) is 38.3. The van der Waals surface area contributed by atoms with E-state index in [-0.39, 0.29) is 47.9 Å². The summed E-state index contributed by atoms with van der Waals surface area (Å²) in [7, 11) is 1.48. The lowest BCUT2D eigenvalue weighted by molar-refractivity contribution is 0.0992. The molecule has 0 bridgehead atoms. The number of nitrogens with two attached hydrogens (primary N) is 2. The molecule has 308 valence electrons. The van der Waals surface area contributed by atoms with Gasteiger partial charge in [0, 0.05) is 37.1 Å². The second kappa shape index (κ2) is 14.9. The molecule has 0 aliphatic heterocycles. The molecule has 2 fully saturated rings. The molecule has 5 heterocycles. The van der Waals surface area contributed by atoms with Crippen LogP contribution in [0.2, 0.25) is 0 Å². The Kier molecular flexibility index (Phi) is 9.48. The molecule has 6 N–H and O–H groups in total. The molecule has 2 aromatic carbocycles. The van der Waals surface area contributed by atoms with Crippen LogP contribution in [0.5, 0.6) is 5.75 Å². The van der Waals surface area contributed by atoms with E-state index >= 15 is 0 Å². The molecule has 2 saturated carbocycles. The molecule has 18 heteroatoms. The van der Waals surface area contributed by atoms with Gasteiger partial charge < -0.3 is 29.8 Å². The number of amides is 4. The molecule has 0 saturated heterocycles. The van der Waals surface area contributed by atoms with Crippen molar-refractivity contribution in [3.63, 3.8) is 0 Å². The zero-order valence-corrected chi connectivity index (χ0v) is 33.6. The van der Waals surface area contributed by atoms with Gasteiger partial charge in [0.05, 0.1) is 40.6 Å². The summed E-state index contributed by atoms with van der Waals surface area (Å²) >= 11 is 0. The van der Waals surface area contributed by atoms with Crippen LogP contribution in [0.3, 0.4) is 0 Å². The third kappa shape index (κ3) is 7.24. The number of nitrogens with one attached hydrogen (secondary N) is 2. The third-order valence-corrected chi connectivity index (χ3v) is 10.9. The number of benzene rings is 2. The summed E-state index contributed by atoms with van der Waals surface area (Å²) in [4.78, 5) is 62.2. The van der Waals surface area contributed by atoms with Crippen molar-refractivity contribution in [1.29, 1.82) is 0 Å². The lowest BCUT2D eigenvalue weighted by Gasteiger charge is -2.12. The highest BCUT2D eigenvalue weighted by Gasteiger charge is 2.28. The Morgan fingerprint density at radius 1 is 0.750 bits per heavy atom. The van der Waals surface area contributed by atoms with E-state index in [1.807, 2.05) is 36.6 Å². The maximum Gasteiger partial charge on any atom is 0.276 e. The Balaban J connectivity index is 1.09. The fourth-order valence-electron chi connectivity index (χ4n) is 7.72. The fourth-order valence-corrected chi connectivity index (χ4v) is 7.72. The summed E-state index contributed by atoms with van der Waals surface area (Å²) in [6, 6.07) is 9.97. The number of aromatic nitrogens is 8. The maximum absolute atomic E-state index is 13.9. The van der Waals surface area contributed by atoms with Gasteiger partial charge in [0.25, 0.3) is 17.7 Å². The van der Waals surface area contributed by atoms with Gasteiger partial charge in [0.15, 0.2) is 0 Å². The number of rotatable bonds is 15. The van der Waals surface area contributed by atoms with Crippen LogP contribution < -0.4 is 26.8 Å². The van der Waals surface area contributed by atoms with Crippen molar-refractivity contribution >= 4 is 68.6 Å². The van der Waals surface area contributed by atoms with Gasteiger partial charge >= 0.3 is 0 Å². The molecular formula is C42H44N12O6. The highest BCUT2D eigenvalue weighted by atomic mass is 16.5. The van der Waals surface area contributed by atoms with E-state index in [2.05, 4.69) is 20.8 Å². The number of carbonyl (C=O) groups is 4. The van der Waals surface area contributed by atoms with E-state index in [0.29, 0.717) is 80.9 Å². The molecule has 9 rings (SSSR count). The number of carbonyl (C=O) groups excluding carboxylic acids is 4. The number of primary amides is 2. The molecule has 4 amide bonds. The molecule has 5 aromatic heterocycles. The summed E-state index contributed by atoms with van der Waals surface area (Å²) < 4.78 is 18.8. The van der Waals surface area contributed by atoms with Crippen LogP contribution in [0.25, 0.3) is 33.0 Å². The number of fused-ring (bicyclic) bond motifs is 4. The molecule has 7 aromatic rings. The van der Waals surface area contributed by atoms with E-state index < -0.39 is 11.8 Å². The molecular weight excluding hydrogens is 769 g/mol. The molecule has 2 aliphatic carbocycles. The number of imidazole rings is 2. The molecule has 18 nitrogen and oxygen atoms in total. The quantitative estimate of drug-likeness (QED) is 0.0983. The number of allylic oxidation sites excluding steroid dienone is 2. The maximum atomic E-state index is 13.9. The predicted molar refractivity (Wildman–Crippen MR) is 222 cm³/mol. The highest BCUT2D eigenvalue weighted by Crippen LogP contribution is 2.36. The zero-order chi connectivity index (χ0) is 42.0. The van der Waals surface area contributed by atoms with Gasteiger partial charge in [-0.3, -0.25) is 39.2 Å². The van der Waals surface area contributed by atoms with Crippen molar-refractivity contribution in [3.8, 4) is 5.75 Å². The molecule has 0 spiro atoms. The first-order chi connectivity index (χ1) is 28.8. The van der Waals surface area contributed by atoms with Crippen LogP contribution in [0.4, 0.5) is 11.9 Å². The van der Waals surface area contributed by atoms with E-state index in [0.717, 1.165) is 37.1 Å². The first-order valence-electron chi connectivity index (χ1n) is 19.8. The van der Waals surface area contributed by atoms with Crippen LogP contribution in [-0.2, 0) is 26.2 Å². The van der Waals surface area contributed by atoms with E-state index in [1.165, 1.54) is 13.2 Å². The topological polar surface area (TPSA) is 238 Å². The Morgan fingerprint density at radius 3 is 1.78 bits per heavy atom. The number of furan rings is 1. The third-order valence-electron chi connectivity index (χ3n) is 10.9. The molecule has 0 atom stereocenters. The number of nitrogens with zero attached hydrogens (tertiary/aromatic N) is 8. The first-order valence-corrected chi connectivity index (χ1v) is 19.8. The summed E-state index contributed by atoms with van der Waals surface area (Å²) in [5.41, 5.74) is 16.4. The van der Waals surface area contributed by atoms with E-state index in [9.17, 15) is 19.2 Å². The van der Waals surface area contributed by atoms with E-state index in [4.69, 9.17) is 30.6 Å². The minimum atomic E-state index is -0.674. The zero-order valence-electron chi connectivity index (χ0n) is 33.6. The van der Waals surface area contributed by atoms with Crippen molar-refractivity contribution in [2.75, 3.05) is 17.7 Å². The number of aryl methyl sites for hydroxylation is 3. The largest absolute Gasteiger partial charge is 0.494 e. The number of ether oxygens (including phenoxy) is 1. The van der Waals surface area contributed by atoms with Crippen molar-refractivity contribution < 1.29 is 28.3 Å². The van der Waals surface area contributed by atoms with Crippen LogP contribution in [0.15, 0.2) is 53.0 Å². The lowest BCUT2D eigenvalue weighted by Crippen LogP contribution is -2.21. The standard InChI is InChI=1S/C42H44N12O6/c1-21-13-31(53(49-21)19-24-7-8-24)39(57)47-41-46-30-18-28(38(44)56)36-27(15-23(3)60-36)34(30)51(41)11-5-6-12-52-35-29(16-26(37(43)55)17-33(35)59-4)45-42(52)48-40(58)32-14-22(2)50-54(32)20-25-9-10-25/h5-6,13-18,24-25H,7-12,19-20H2,1-4H3,(H2,43,55)(H2,44,56)(H,45,48,58)(H,46,47,57)/b6-5+. The van der Waals surface area contributed by atoms with Crippen molar-refractivity contribution in [2.45, 2.75) is 72.6 Å². The molecule has 60 heavy (non-hydrogen) atoms. The Bertz CT molecular complexity index is 2930. The van der Waals surface area contributed by atoms with Gasteiger partial charge in [-0.2, -0.15) is 10.2 Å². The normalized spacial score (nSPS) is 14.2. The number of hydrogen-bond donors (Lipinski definition) is 4. The summed E-state index contributed by atoms with van der Waals surface area (Å²) in [5, 5.41) is 15.7. The average Bonchev–Trinajstić information content (AvgIpc) is 3.99. The second-order valence-corrected chi connectivity index (χ2v) is 15.7. The Labute approximate surface area is 342 Å². The SMILES string of the molecule is COc1cc(C(N)=O)cc2nc(NC(=O)c3cc(C)nn3CC3CC3)n(C/C=C/Cn3c(NC(=O)c4cc(C)nn4CC4CC4)nc4cc(C(N)=O)c5oc(C)cc5c43)c12. The van der Waals surface area contributed by atoms with Gasteiger partial charge in [0.2, 0.25) is 17.8 Å². The lowest BCUT2D eigenvalue weighted by atomic mass is 10.1. The van der Waals surface area contributed by atoms with Gasteiger partial charge in [-0.15, -0.1) is 0 Å². The predicted octanol–water partition coefficient (Wildman–Crippen LogP) is 5.24. The molecule has 2 aliphatic rings. The van der Waals surface area contributed by atoms with Gasteiger partial charge in [-0.05, 0) is 94.7 Å². The Hall–Kier alpha value is -7.24. The molecule has 0 radical (unpaired) electrons. The second-order valence-electron chi connectivity index (χ2n) is 15.7. The number of hydrogen-bond acceptors (Lipinski definition) is 10. The van der Waals surface area contributed by atoms with E-state index in [1.54, 1.807) is 45.1 Å². The minimum Gasteiger partial charge on any atom is -0.494 e. The van der Waals surface area contributed by atoms with Crippen LogP contribution in [0, 0.1) is 32.6 Å². The van der Waals surface area contributed by atoms with Crippen molar-refractivity contribution in [3.05, 3.63) is 88.2 Å². The summed E-state index contributed by atoms with van der Waals surface area (Å²) in [6.07, 6.45) is 8.15. The molecule has 0 unspecified atom stereocenters. The van der Waals surface area contributed by atoms with Gasteiger partial charge in [0.1, 0.15) is 34.0 Å². The monoisotopic (exact) mass is 812 g/mol. The summed E-state index contributed by atoms with van der Waals surface area (Å²) in [6.45, 7) is 7.17. The van der Waals surface area contributed by atoms with Crippen molar-refractivity contribution in [2.24, 2.45) is 23.3 Å². The van der Waals surface area contributed by atoms with Gasteiger partial charge in [-0.1, -0.05) is 12.2 Å². The van der Waals surface area contributed by atoms with Crippen LogP contribution >= 0.6 is 0 Å². The number of anilines is 2. The van der Waals surface area contributed by atoms with Crippen LogP contribution in [-0.4, -0.2) is 69.4 Å². The minimum absolute atomic E-state index is 0.169. The van der Waals surface area contributed by atoms with Crippen molar-refractivity contribution in [1.82, 2.24) is 38.7 Å². The number of methoxy groups -OCH3 is 1. The average molecular weight is 813 g/mol. The van der Waals surface area contributed by atoms with Crippen LogP contribution in [0.1, 0.15) is 84.5 Å². The summed E-state index contributed by atoms with van der Waals surface area (Å²) in [5.74, 6) is 0.223. The fraction of sp³-hybridized carbons (Fsp3) is 0.333.